The van der Waals surface area contributed by atoms with Gasteiger partial charge in [-0.2, -0.15) is 0 Å². The van der Waals surface area contributed by atoms with Crippen LogP contribution in [0.4, 0.5) is 17.1 Å². The molecule has 0 bridgehead atoms. The lowest BCUT2D eigenvalue weighted by atomic mass is 10.0. The number of amides is 1. The van der Waals surface area contributed by atoms with Crippen LogP contribution in [-0.4, -0.2) is 12.5 Å². The molecule has 0 fully saturated rings. The molecular formula is C15H23N3O. The molecule has 2 rings (SSSR count). The molecule has 104 valence electrons. The molecule has 0 saturated carbocycles. The second-order valence-electron chi connectivity index (χ2n) is 5.13. The summed E-state index contributed by atoms with van der Waals surface area (Å²) in [5.74, 6) is 0.0890. The van der Waals surface area contributed by atoms with Crippen LogP contribution in [-0.2, 0) is 11.2 Å². The molecular weight excluding hydrogens is 238 g/mol. The van der Waals surface area contributed by atoms with E-state index < -0.39 is 0 Å². The van der Waals surface area contributed by atoms with Crippen molar-refractivity contribution >= 4 is 23.0 Å². The van der Waals surface area contributed by atoms with Crippen molar-refractivity contribution in [2.75, 3.05) is 22.9 Å². The number of nitrogens with one attached hydrogen (secondary N) is 2. The average molecular weight is 261 g/mol. The van der Waals surface area contributed by atoms with Crippen molar-refractivity contribution in [3.8, 4) is 0 Å². The van der Waals surface area contributed by atoms with Crippen LogP contribution in [0, 0.1) is 0 Å². The van der Waals surface area contributed by atoms with Gasteiger partial charge in [-0.25, -0.2) is 0 Å². The van der Waals surface area contributed by atoms with E-state index in [0.717, 1.165) is 42.0 Å². The maximum absolute atomic E-state index is 11.4. The number of hydrogen-bond acceptors (Lipinski definition) is 3. The minimum Gasteiger partial charge on any atom is -0.397 e. The topological polar surface area (TPSA) is 67.1 Å². The average Bonchev–Trinajstić information content (AvgIpc) is 2.39. The molecule has 0 saturated heterocycles. The first-order chi connectivity index (χ1) is 9.20. The van der Waals surface area contributed by atoms with E-state index in [2.05, 4.69) is 17.6 Å². The Morgan fingerprint density at radius 3 is 2.89 bits per heavy atom. The lowest BCUT2D eigenvalue weighted by Gasteiger charge is -2.19. The van der Waals surface area contributed by atoms with Gasteiger partial charge >= 0.3 is 0 Å². The molecule has 0 atom stereocenters. The SMILES string of the molecule is CCCCCCNc1cc2c(cc1N)CCC(=O)N2. The number of rotatable bonds is 6. The lowest BCUT2D eigenvalue weighted by molar-refractivity contribution is -0.116. The van der Waals surface area contributed by atoms with Gasteiger partial charge in [0, 0.05) is 18.7 Å². The molecule has 4 N–H and O–H groups in total. The molecule has 0 radical (unpaired) electrons. The van der Waals surface area contributed by atoms with E-state index in [0.29, 0.717) is 6.42 Å². The van der Waals surface area contributed by atoms with Gasteiger partial charge in [0.15, 0.2) is 0 Å². The molecule has 4 nitrogen and oxygen atoms in total. The van der Waals surface area contributed by atoms with Gasteiger partial charge in [0.05, 0.1) is 11.4 Å². The number of fused-ring (bicyclic) bond motifs is 1. The van der Waals surface area contributed by atoms with Gasteiger partial charge in [-0.1, -0.05) is 26.2 Å². The van der Waals surface area contributed by atoms with Crippen molar-refractivity contribution in [1.82, 2.24) is 0 Å². The van der Waals surface area contributed by atoms with Gasteiger partial charge < -0.3 is 16.4 Å². The number of carbonyl (C=O) groups is 1. The fraction of sp³-hybridized carbons (Fsp3) is 0.533. The molecule has 4 heteroatoms. The number of carbonyl (C=O) groups excluding carboxylic acids is 1. The van der Waals surface area contributed by atoms with E-state index in [9.17, 15) is 4.79 Å². The Kier molecular flexibility index (Phi) is 4.66. The van der Waals surface area contributed by atoms with Crippen LogP contribution >= 0.6 is 0 Å². The van der Waals surface area contributed by atoms with Crippen LogP contribution in [0.3, 0.4) is 0 Å². The van der Waals surface area contributed by atoms with Crippen LogP contribution in [0.15, 0.2) is 12.1 Å². The number of benzene rings is 1. The third-order valence-electron chi connectivity index (χ3n) is 3.52. The number of unbranched alkanes of at least 4 members (excludes halogenated alkanes) is 3. The first kappa shape index (κ1) is 13.7. The number of anilines is 3. The number of nitrogens with two attached hydrogens (primary N) is 1. The third-order valence-corrected chi connectivity index (χ3v) is 3.52. The largest absolute Gasteiger partial charge is 0.397 e. The molecule has 1 aromatic carbocycles. The second kappa shape index (κ2) is 6.45. The molecule has 1 heterocycles. The summed E-state index contributed by atoms with van der Waals surface area (Å²) in [6.07, 6.45) is 6.24. The zero-order valence-electron chi connectivity index (χ0n) is 11.6. The first-order valence-corrected chi connectivity index (χ1v) is 7.17. The van der Waals surface area contributed by atoms with Crippen LogP contribution < -0.4 is 16.4 Å². The van der Waals surface area contributed by atoms with Gasteiger partial charge in [-0.15, -0.1) is 0 Å². The first-order valence-electron chi connectivity index (χ1n) is 7.17. The quantitative estimate of drug-likeness (QED) is 0.544. The van der Waals surface area contributed by atoms with Crippen LogP contribution in [0.2, 0.25) is 0 Å². The van der Waals surface area contributed by atoms with Crippen LogP contribution in [0.5, 0.6) is 0 Å². The normalized spacial score (nSPS) is 13.8. The van der Waals surface area contributed by atoms with Crippen LogP contribution in [0.1, 0.15) is 44.6 Å². The maximum atomic E-state index is 11.4. The van der Waals surface area contributed by atoms with Crippen molar-refractivity contribution in [2.45, 2.75) is 45.4 Å². The lowest BCUT2D eigenvalue weighted by Crippen LogP contribution is -2.19. The highest BCUT2D eigenvalue weighted by Gasteiger charge is 2.16. The zero-order chi connectivity index (χ0) is 13.7. The van der Waals surface area contributed by atoms with Gasteiger partial charge in [0.25, 0.3) is 0 Å². The molecule has 1 aromatic rings. The molecule has 1 aliphatic heterocycles. The van der Waals surface area contributed by atoms with Gasteiger partial charge in [-0.05, 0) is 30.5 Å². The van der Waals surface area contributed by atoms with E-state index >= 15 is 0 Å². The Morgan fingerprint density at radius 2 is 2.11 bits per heavy atom. The smallest absolute Gasteiger partial charge is 0.224 e. The summed E-state index contributed by atoms with van der Waals surface area (Å²) in [7, 11) is 0. The summed E-state index contributed by atoms with van der Waals surface area (Å²) in [5, 5.41) is 6.26. The Labute approximate surface area is 114 Å². The molecule has 19 heavy (non-hydrogen) atoms. The summed E-state index contributed by atoms with van der Waals surface area (Å²) >= 11 is 0. The highest BCUT2D eigenvalue weighted by molar-refractivity contribution is 5.95. The Hall–Kier alpha value is -1.71. The summed E-state index contributed by atoms with van der Waals surface area (Å²) in [4.78, 5) is 11.4. The highest BCUT2D eigenvalue weighted by atomic mass is 16.1. The van der Waals surface area contributed by atoms with Gasteiger partial charge in [-0.3, -0.25) is 4.79 Å². The predicted octanol–water partition coefficient (Wildman–Crippen LogP) is 3.15. The number of nitrogen functional groups attached to an aromatic ring is 1. The van der Waals surface area contributed by atoms with Crippen molar-refractivity contribution < 1.29 is 4.79 Å². The molecule has 0 spiro atoms. The van der Waals surface area contributed by atoms with E-state index in [-0.39, 0.29) is 5.91 Å². The number of aryl methyl sites for hydroxylation is 1. The fourth-order valence-corrected chi connectivity index (χ4v) is 2.38. The monoisotopic (exact) mass is 261 g/mol. The maximum Gasteiger partial charge on any atom is 0.224 e. The second-order valence-corrected chi connectivity index (χ2v) is 5.13. The van der Waals surface area contributed by atoms with E-state index in [1.54, 1.807) is 0 Å². The van der Waals surface area contributed by atoms with Gasteiger partial charge in [0.1, 0.15) is 0 Å². The van der Waals surface area contributed by atoms with E-state index in [1.165, 1.54) is 19.3 Å². The van der Waals surface area contributed by atoms with Crippen molar-refractivity contribution in [2.24, 2.45) is 0 Å². The van der Waals surface area contributed by atoms with Crippen molar-refractivity contribution in [3.63, 3.8) is 0 Å². The molecule has 0 aliphatic carbocycles. The van der Waals surface area contributed by atoms with Gasteiger partial charge in [0.2, 0.25) is 5.91 Å². The van der Waals surface area contributed by atoms with Crippen molar-refractivity contribution in [1.29, 1.82) is 0 Å². The Balaban J connectivity index is 1.97. The summed E-state index contributed by atoms with van der Waals surface area (Å²) in [6, 6.07) is 3.94. The summed E-state index contributed by atoms with van der Waals surface area (Å²) in [5.41, 5.74) is 9.78. The predicted molar refractivity (Wildman–Crippen MR) is 80.4 cm³/mol. The molecule has 0 aromatic heterocycles. The summed E-state index contributed by atoms with van der Waals surface area (Å²) < 4.78 is 0. The Bertz CT molecular complexity index is 457. The molecule has 1 amide bonds. The molecule has 0 unspecified atom stereocenters. The zero-order valence-corrected chi connectivity index (χ0v) is 11.6. The Morgan fingerprint density at radius 1 is 1.26 bits per heavy atom. The standard InChI is InChI=1S/C15H23N3O/c1-2-3-4-5-8-17-14-10-13-11(9-12(14)16)6-7-15(19)18-13/h9-10,17H,2-8,16H2,1H3,(H,18,19). The van der Waals surface area contributed by atoms with E-state index in [4.69, 9.17) is 5.73 Å². The van der Waals surface area contributed by atoms with Crippen molar-refractivity contribution in [3.05, 3.63) is 17.7 Å². The molecule has 1 aliphatic rings. The number of hydrogen-bond donors (Lipinski definition) is 3. The van der Waals surface area contributed by atoms with Crippen LogP contribution in [0.25, 0.3) is 0 Å². The summed E-state index contributed by atoms with van der Waals surface area (Å²) in [6.45, 7) is 3.13. The fourth-order valence-electron chi connectivity index (χ4n) is 2.38. The minimum absolute atomic E-state index is 0.0890. The highest BCUT2D eigenvalue weighted by Crippen LogP contribution is 2.30. The third kappa shape index (κ3) is 3.63. The minimum atomic E-state index is 0.0890. The van der Waals surface area contributed by atoms with E-state index in [1.807, 2.05) is 12.1 Å².